The lowest BCUT2D eigenvalue weighted by atomic mass is 9.52. The summed E-state index contributed by atoms with van der Waals surface area (Å²) in [6, 6.07) is -0.992. The molecule has 2 nitrogen and oxygen atoms in total. The summed E-state index contributed by atoms with van der Waals surface area (Å²) in [6.45, 7) is -6.52. The van der Waals surface area contributed by atoms with Crippen LogP contribution < -0.4 is 0 Å². The molecule has 1 aromatic rings. The predicted octanol–water partition coefficient (Wildman–Crippen LogP) is 3.08. The number of likely N-dealkylation sites (tertiary alicyclic amines) is 1. The van der Waals surface area contributed by atoms with E-state index in [1.807, 2.05) is 0 Å². The minimum atomic E-state index is -3.30. The normalized spacial score (nSPS) is 58.5. The summed E-state index contributed by atoms with van der Waals surface area (Å²) in [5.74, 6) is -1.57. The van der Waals surface area contributed by atoms with Crippen molar-refractivity contribution in [1.29, 1.82) is 0 Å². The molecule has 19 heavy (non-hydrogen) atoms. The number of phenolic OH excluding ortho intramolecular Hbond substituents is 1. The number of piperidine rings is 1. The molecule has 2 aliphatic carbocycles. The first-order chi connectivity index (χ1) is 13.5. The number of phenols is 1. The summed E-state index contributed by atoms with van der Waals surface area (Å²) < 4.78 is 93.9. The van der Waals surface area contributed by atoms with Crippen LogP contribution in [0.25, 0.3) is 0 Å². The topological polar surface area (TPSA) is 23.5 Å². The van der Waals surface area contributed by atoms with E-state index < -0.39 is 49.6 Å². The lowest BCUT2D eigenvalue weighted by Gasteiger charge is -2.58. The van der Waals surface area contributed by atoms with Gasteiger partial charge in [0.2, 0.25) is 0 Å². The van der Waals surface area contributed by atoms with Crippen molar-refractivity contribution in [2.45, 2.75) is 49.9 Å². The van der Waals surface area contributed by atoms with Gasteiger partial charge < -0.3 is 10.0 Å². The molecule has 3 atom stereocenters. The third kappa shape index (κ3) is 1.53. The van der Waals surface area contributed by atoms with Gasteiger partial charge >= 0.3 is 0 Å². The van der Waals surface area contributed by atoms with Crippen LogP contribution in [0.15, 0.2) is 18.2 Å². The molecule has 1 aliphatic heterocycles. The van der Waals surface area contributed by atoms with Gasteiger partial charge in [-0.15, -0.1) is 0 Å². The molecular formula is C17H23NO. The van der Waals surface area contributed by atoms with Gasteiger partial charge in [-0.3, -0.25) is 0 Å². The Bertz CT molecular complexity index is 914. The van der Waals surface area contributed by atoms with Gasteiger partial charge in [-0.1, -0.05) is 18.9 Å². The Hall–Kier alpha value is -1.02. The summed E-state index contributed by atoms with van der Waals surface area (Å²) in [7, 11) is 0. The maximum atomic E-state index is 10.2. The van der Waals surface area contributed by atoms with Crippen LogP contribution in [-0.2, 0) is 11.8 Å². The number of hydrogen-bond acceptors (Lipinski definition) is 2. The molecule has 3 aliphatic rings. The second-order valence-corrected chi connectivity index (χ2v) is 5.50. The fraction of sp³-hybridized carbons (Fsp3) is 0.647. The minimum absolute atomic E-state index is 0.0239. The SMILES string of the molecule is [2H]c1cc(O)cc2c1C([2H])([2H])C1([2H])C3CCCC[C@]23C([2H])([2H])C([2H])([2H])N1C([2H])([2H])[2H]. The Kier molecular flexibility index (Phi) is 1.06. The number of benzene rings is 1. The van der Waals surface area contributed by atoms with E-state index in [4.69, 9.17) is 13.7 Å². The van der Waals surface area contributed by atoms with E-state index >= 15 is 0 Å². The van der Waals surface area contributed by atoms with Crippen molar-refractivity contribution in [1.82, 2.24) is 4.90 Å². The first-order valence-corrected chi connectivity index (χ1v) is 6.64. The maximum absolute atomic E-state index is 10.2. The Morgan fingerprint density at radius 2 is 2.58 bits per heavy atom. The summed E-state index contributed by atoms with van der Waals surface area (Å²) >= 11 is 0. The Morgan fingerprint density at radius 1 is 1.63 bits per heavy atom. The van der Waals surface area contributed by atoms with Crippen molar-refractivity contribution in [3.8, 4) is 5.75 Å². The zero-order valence-corrected chi connectivity index (χ0v) is 10.5. The van der Waals surface area contributed by atoms with Gasteiger partial charge in [0.05, 0.1) is 1.37 Å². The van der Waals surface area contributed by atoms with Crippen molar-refractivity contribution in [2.24, 2.45) is 5.92 Å². The molecule has 0 spiro atoms. The van der Waals surface area contributed by atoms with Gasteiger partial charge in [0.15, 0.2) is 0 Å². The van der Waals surface area contributed by atoms with Crippen LogP contribution in [0.2, 0.25) is 0 Å². The van der Waals surface area contributed by atoms with E-state index in [2.05, 4.69) is 0 Å². The molecular weight excluding hydrogens is 234 g/mol. The number of rotatable bonds is 0. The smallest absolute Gasteiger partial charge is 0.115 e. The third-order valence-electron chi connectivity index (χ3n) is 4.53. The highest BCUT2D eigenvalue weighted by molar-refractivity contribution is 5.45. The lowest BCUT2D eigenvalue weighted by molar-refractivity contribution is 0.00274. The largest absolute Gasteiger partial charge is 0.508 e. The molecule has 102 valence electrons. The Balaban J connectivity index is 2.25. The summed E-state index contributed by atoms with van der Waals surface area (Å²) in [6.07, 6.45) is -4.47. The molecule has 0 aromatic heterocycles. The van der Waals surface area contributed by atoms with Crippen LogP contribution in [0.1, 0.15) is 58.3 Å². The molecule has 1 heterocycles. The predicted molar refractivity (Wildman–Crippen MR) is 76.5 cm³/mol. The van der Waals surface area contributed by atoms with Crippen molar-refractivity contribution in [3.63, 3.8) is 0 Å². The molecule has 2 unspecified atom stereocenters. The average molecular weight is 268 g/mol. The van der Waals surface area contributed by atoms with Crippen molar-refractivity contribution in [2.75, 3.05) is 13.5 Å². The van der Waals surface area contributed by atoms with Crippen molar-refractivity contribution in [3.05, 3.63) is 29.3 Å². The Morgan fingerprint density at radius 3 is 3.47 bits per heavy atom. The summed E-state index contributed by atoms with van der Waals surface area (Å²) in [5, 5.41) is 10.2. The highest BCUT2D eigenvalue weighted by atomic mass is 16.3. The molecule has 1 aromatic carbocycles. The number of fused-ring (bicyclic) bond motifs is 1. The second kappa shape index (κ2) is 3.99. The molecule has 2 heteroatoms. The Labute approximate surface area is 130 Å². The highest BCUT2D eigenvalue weighted by Gasteiger charge is 2.52. The van der Waals surface area contributed by atoms with E-state index in [-0.39, 0.29) is 34.6 Å². The van der Waals surface area contributed by atoms with Crippen LogP contribution >= 0.6 is 0 Å². The van der Waals surface area contributed by atoms with Crippen LogP contribution in [0.5, 0.6) is 5.75 Å². The molecule has 1 saturated heterocycles. The number of hydrogen-bond donors (Lipinski definition) is 1. The molecule has 2 bridgehead atoms. The summed E-state index contributed by atoms with van der Waals surface area (Å²) in [4.78, 5) is 0.0937. The monoisotopic (exact) mass is 268 g/mol. The first-order valence-electron chi connectivity index (χ1n) is 12.1. The van der Waals surface area contributed by atoms with Gasteiger partial charge in [0.25, 0.3) is 0 Å². The second-order valence-electron chi connectivity index (χ2n) is 5.50. The zero-order chi connectivity index (χ0) is 22.7. The maximum Gasteiger partial charge on any atom is 0.115 e. The molecule has 1 N–H and O–H groups in total. The van der Waals surface area contributed by atoms with Gasteiger partial charge in [0.1, 0.15) is 5.75 Å². The van der Waals surface area contributed by atoms with Gasteiger partial charge in [0, 0.05) is 25.1 Å². The molecule has 0 radical (unpaired) electrons. The van der Waals surface area contributed by atoms with Gasteiger partial charge in [-0.25, -0.2) is 0 Å². The molecule has 4 rings (SSSR count). The van der Waals surface area contributed by atoms with E-state index in [1.165, 1.54) is 6.07 Å². The molecule has 1 saturated carbocycles. The van der Waals surface area contributed by atoms with E-state index in [0.29, 0.717) is 12.8 Å². The quantitative estimate of drug-likeness (QED) is 0.781. The number of aromatic hydroxyl groups is 1. The average Bonchev–Trinajstić information content (AvgIpc) is 2.56. The lowest BCUT2D eigenvalue weighted by Crippen LogP contribution is -2.59. The van der Waals surface area contributed by atoms with Crippen LogP contribution in [-0.4, -0.2) is 29.5 Å². The standard InChI is InChI=1S/C17H23NO/c1-18-9-8-17-7-3-2-4-14(17)16(18)10-12-5-6-13(19)11-15(12)17/h5-6,11,14,16,19H,2-4,7-10H2,1H3/t14?,16?,17-/m1/s1/i1D3,5D,8D2,9D2,10D2,16D. The van der Waals surface area contributed by atoms with Crippen molar-refractivity contribution < 1.29 is 20.2 Å². The number of likely N-dealkylation sites (N-methyl/N-ethyl adjacent to an activating group) is 1. The summed E-state index contributed by atoms with van der Waals surface area (Å²) in [5.41, 5.74) is -2.13. The highest BCUT2D eigenvalue weighted by Crippen LogP contribution is 2.55. The van der Waals surface area contributed by atoms with Crippen molar-refractivity contribution >= 4 is 0 Å². The van der Waals surface area contributed by atoms with Crippen LogP contribution in [0.3, 0.4) is 0 Å². The van der Waals surface area contributed by atoms with E-state index in [9.17, 15) is 6.48 Å². The van der Waals surface area contributed by atoms with Crippen LogP contribution in [0.4, 0.5) is 0 Å². The molecule has 2 fully saturated rings. The fourth-order valence-corrected chi connectivity index (χ4v) is 3.67. The van der Waals surface area contributed by atoms with E-state index in [0.717, 1.165) is 6.07 Å². The van der Waals surface area contributed by atoms with Crippen LogP contribution in [0, 0.1) is 5.92 Å². The van der Waals surface area contributed by atoms with E-state index in [1.54, 1.807) is 0 Å². The zero-order valence-electron chi connectivity index (χ0n) is 21.5. The van der Waals surface area contributed by atoms with Gasteiger partial charge in [-0.05, 0) is 68.2 Å². The van der Waals surface area contributed by atoms with Gasteiger partial charge in [-0.2, -0.15) is 0 Å². The third-order valence-corrected chi connectivity index (χ3v) is 4.53. The minimum Gasteiger partial charge on any atom is -0.508 e. The fourth-order valence-electron chi connectivity index (χ4n) is 3.67. The number of nitrogens with zero attached hydrogens (tertiary/aromatic N) is 1. The first kappa shape index (κ1) is 5.07. The molecule has 0 amide bonds.